The van der Waals surface area contributed by atoms with E-state index in [4.69, 9.17) is 0 Å². The van der Waals surface area contributed by atoms with Crippen LogP contribution in [-0.4, -0.2) is 36.4 Å². The Balaban J connectivity index is 0.00000364. The van der Waals surface area contributed by atoms with Gasteiger partial charge in [-0.1, -0.05) is 38.1 Å². The lowest BCUT2D eigenvalue weighted by molar-refractivity contribution is -0.128. The van der Waals surface area contributed by atoms with Crippen molar-refractivity contribution in [2.24, 2.45) is 10.9 Å². The molecule has 1 fully saturated rings. The molecule has 0 radical (unpaired) electrons. The summed E-state index contributed by atoms with van der Waals surface area (Å²) in [6.45, 7) is 9.02. The Morgan fingerprint density at radius 1 is 1.22 bits per heavy atom. The summed E-state index contributed by atoms with van der Waals surface area (Å²) in [4.78, 5) is 18.1. The maximum absolute atomic E-state index is 11.8. The van der Waals surface area contributed by atoms with Gasteiger partial charge in [-0.15, -0.1) is 24.0 Å². The Bertz CT molecular complexity index is 618. The van der Waals surface area contributed by atoms with Crippen molar-refractivity contribution in [1.29, 1.82) is 0 Å². The summed E-state index contributed by atoms with van der Waals surface area (Å²) in [6, 6.07) is 8.84. The molecule has 0 aliphatic carbocycles. The molecule has 0 saturated carbocycles. The maximum Gasteiger partial charge on any atom is 0.222 e. The summed E-state index contributed by atoms with van der Waals surface area (Å²) in [5.41, 5.74) is 2.39. The SMILES string of the molecule is CN=C(NCc1cccc(CN2CCCC2=O)c1)NC(C)CCC(C)C.I. The van der Waals surface area contributed by atoms with Gasteiger partial charge in [0.05, 0.1) is 0 Å². The van der Waals surface area contributed by atoms with Crippen molar-refractivity contribution in [1.82, 2.24) is 15.5 Å². The lowest BCUT2D eigenvalue weighted by Gasteiger charge is -2.19. The molecule has 2 rings (SSSR count). The molecule has 2 N–H and O–H groups in total. The first-order valence-corrected chi connectivity index (χ1v) is 9.80. The van der Waals surface area contributed by atoms with E-state index in [-0.39, 0.29) is 29.9 Å². The number of halogens is 1. The van der Waals surface area contributed by atoms with Crippen molar-refractivity contribution in [2.45, 2.75) is 65.6 Å². The van der Waals surface area contributed by atoms with E-state index in [0.717, 1.165) is 37.8 Å². The van der Waals surface area contributed by atoms with Crippen LogP contribution in [0.5, 0.6) is 0 Å². The quantitative estimate of drug-likeness (QED) is 0.333. The van der Waals surface area contributed by atoms with E-state index in [1.165, 1.54) is 17.5 Å². The van der Waals surface area contributed by atoms with Crippen molar-refractivity contribution in [3.05, 3.63) is 35.4 Å². The number of rotatable bonds is 8. The highest BCUT2D eigenvalue weighted by Crippen LogP contribution is 2.15. The largest absolute Gasteiger partial charge is 0.354 e. The van der Waals surface area contributed by atoms with Crippen LogP contribution in [0, 0.1) is 5.92 Å². The predicted octanol–water partition coefficient (Wildman–Crippen LogP) is 3.92. The van der Waals surface area contributed by atoms with Gasteiger partial charge in [0.25, 0.3) is 0 Å². The van der Waals surface area contributed by atoms with Crippen molar-refractivity contribution in [3.63, 3.8) is 0 Å². The van der Waals surface area contributed by atoms with Gasteiger partial charge in [0.2, 0.25) is 5.91 Å². The van der Waals surface area contributed by atoms with E-state index in [2.05, 4.69) is 60.7 Å². The molecule has 1 heterocycles. The van der Waals surface area contributed by atoms with Crippen LogP contribution in [0.1, 0.15) is 57.6 Å². The summed E-state index contributed by atoms with van der Waals surface area (Å²) in [7, 11) is 1.81. The van der Waals surface area contributed by atoms with Crippen LogP contribution in [0.15, 0.2) is 29.3 Å². The number of carbonyl (C=O) groups excluding carboxylic acids is 1. The van der Waals surface area contributed by atoms with Crippen LogP contribution >= 0.6 is 24.0 Å². The average molecular weight is 486 g/mol. The molecule has 6 heteroatoms. The van der Waals surface area contributed by atoms with Crippen LogP contribution in [-0.2, 0) is 17.9 Å². The zero-order chi connectivity index (χ0) is 18.9. The number of amides is 1. The van der Waals surface area contributed by atoms with Crippen LogP contribution in [0.3, 0.4) is 0 Å². The number of carbonyl (C=O) groups is 1. The van der Waals surface area contributed by atoms with E-state index >= 15 is 0 Å². The zero-order valence-electron chi connectivity index (χ0n) is 17.1. The van der Waals surface area contributed by atoms with Gasteiger partial charge in [-0.2, -0.15) is 0 Å². The Morgan fingerprint density at radius 3 is 2.59 bits per heavy atom. The highest BCUT2D eigenvalue weighted by Gasteiger charge is 2.19. The van der Waals surface area contributed by atoms with Gasteiger partial charge < -0.3 is 15.5 Å². The highest BCUT2D eigenvalue weighted by molar-refractivity contribution is 14.0. The Labute approximate surface area is 181 Å². The number of likely N-dealkylation sites (tertiary alicyclic amines) is 1. The first kappa shape index (κ1) is 23.7. The molecule has 27 heavy (non-hydrogen) atoms. The van der Waals surface area contributed by atoms with Crippen LogP contribution in [0.2, 0.25) is 0 Å². The number of nitrogens with one attached hydrogen (secondary N) is 2. The molecule has 1 aliphatic heterocycles. The molecule has 1 saturated heterocycles. The smallest absolute Gasteiger partial charge is 0.222 e. The van der Waals surface area contributed by atoms with Crippen molar-refractivity contribution < 1.29 is 4.79 Å². The number of benzene rings is 1. The van der Waals surface area contributed by atoms with E-state index in [1.807, 2.05) is 4.90 Å². The van der Waals surface area contributed by atoms with Gasteiger partial charge in [-0.05, 0) is 43.2 Å². The van der Waals surface area contributed by atoms with E-state index in [1.54, 1.807) is 7.05 Å². The van der Waals surface area contributed by atoms with Gasteiger partial charge in [0.1, 0.15) is 0 Å². The standard InChI is InChI=1S/C21H34N4O.HI/c1-16(2)10-11-17(3)24-21(22-4)23-14-18-7-5-8-19(13-18)15-25-12-6-9-20(25)26;/h5,7-8,13,16-17H,6,9-12,14-15H2,1-4H3,(H2,22,23,24);1H. The fraction of sp³-hybridized carbons (Fsp3) is 0.619. The van der Waals surface area contributed by atoms with Crippen LogP contribution < -0.4 is 10.6 Å². The van der Waals surface area contributed by atoms with E-state index in [9.17, 15) is 4.79 Å². The number of aliphatic imine (C=N–C) groups is 1. The van der Waals surface area contributed by atoms with Gasteiger partial charge in [-0.3, -0.25) is 9.79 Å². The number of nitrogens with zero attached hydrogens (tertiary/aromatic N) is 2. The fourth-order valence-electron chi connectivity index (χ4n) is 3.20. The molecule has 1 aliphatic rings. The molecule has 5 nitrogen and oxygen atoms in total. The first-order valence-electron chi connectivity index (χ1n) is 9.80. The minimum atomic E-state index is 0. The Kier molecular flexibility index (Phi) is 10.7. The fourth-order valence-corrected chi connectivity index (χ4v) is 3.20. The number of hydrogen-bond donors (Lipinski definition) is 2. The normalized spacial score (nSPS) is 15.7. The Hall–Kier alpha value is -1.31. The predicted molar refractivity (Wildman–Crippen MR) is 123 cm³/mol. The minimum Gasteiger partial charge on any atom is -0.354 e. The molecule has 1 aromatic carbocycles. The summed E-state index contributed by atoms with van der Waals surface area (Å²) >= 11 is 0. The van der Waals surface area contributed by atoms with Crippen LogP contribution in [0.25, 0.3) is 0 Å². The molecule has 1 atom stereocenters. The zero-order valence-corrected chi connectivity index (χ0v) is 19.5. The van der Waals surface area contributed by atoms with Crippen molar-refractivity contribution in [3.8, 4) is 0 Å². The number of guanidine groups is 1. The Morgan fingerprint density at radius 2 is 1.96 bits per heavy atom. The van der Waals surface area contributed by atoms with Gasteiger partial charge >= 0.3 is 0 Å². The van der Waals surface area contributed by atoms with Gasteiger partial charge in [0, 0.05) is 39.1 Å². The topological polar surface area (TPSA) is 56.7 Å². The second-order valence-corrected chi connectivity index (χ2v) is 7.68. The molecule has 0 bridgehead atoms. The second kappa shape index (κ2) is 12.2. The molecule has 1 unspecified atom stereocenters. The summed E-state index contributed by atoms with van der Waals surface area (Å²) in [5.74, 6) is 1.83. The summed E-state index contributed by atoms with van der Waals surface area (Å²) in [6.07, 6.45) is 4.02. The second-order valence-electron chi connectivity index (χ2n) is 7.68. The van der Waals surface area contributed by atoms with E-state index in [0.29, 0.717) is 19.0 Å². The molecule has 1 amide bonds. The lowest BCUT2D eigenvalue weighted by Crippen LogP contribution is -2.41. The van der Waals surface area contributed by atoms with E-state index < -0.39 is 0 Å². The van der Waals surface area contributed by atoms with Crippen molar-refractivity contribution in [2.75, 3.05) is 13.6 Å². The monoisotopic (exact) mass is 486 g/mol. The highest BCUT2D eigenvalue weighted by atomic mass is 127. The molecular formula is C21H35IN4O. The number of hydrogen-bond acceptors (Lipinski definition) is 2. The summed E-state index contributed by atoms with van der Waals surface area (Å²) < 4.78 is 0. The van der Waals surface area contributed by atoms with Crippen molar-refractivity contribution >= 4 is 35.8 Å². The summed E-state index contributed by atoms with van der Waals surface area (Å²) in [5, 5.41) is 6.85. The third-order valence-electron chi connectivity index (χ3n) is 4.78. The lowest BCUT2D eigenvalue weighted by atomic mass is 10.0. The van der Waals surface area contributed by atoms with Gasteiger partial charge in [-0.25, -0.2) is 0 Å². The third-order valence-corrected chi connectivity index (χ3v) is 4.78. The minimum absolute atomic E-state index is 0. The third kappa shape index (κ3) is 8.49. The average Bonchev–Trinajstić information content (AvgIpc) is 3.02. The maximum atomic E-state index is 11.8. The molecule has 1 aromatic rings. The molecule has 0 aromatic heterocycles. The first-order chi connectivity index (χ1) is 12.5. The molecule has 152 valence electrons. The van der Waals surface area contributed by atoms with Gasteiger partial charge in [0.15, 0.2) is 5.96 Å². The van der Waals surface area contributed by atoms with Crippen LogP contribution in [0.4, 0.5) is 0 Å². The molecule has 0 spiro atoms. The molecular weight excluding hydrogens is 451 g/mol.